The van der Waals surface area contributed by atoms with Crippen LogP contribution >= 0.6 is 23.1 Å². The van der Waals surface area contributed by atoms with Gasteiger partial charge >= 0.3 is 5.97 Å². The Morgan fingerprint density at radius 1 is 1.53 bits per heavy atom. The molecule has 1 fully saturated rings. The fraction of sp³-hybridized carbons (Fsp3) is 0.636. The highest BCUT2D eigenvalue weighted by molar-refractivity contribution is 8.02. The molecular weight excluding hydrogens is 286 g/mol. The third-order valence-electron chi connectivity index (χ3n) is 2.48. The summed E-state index contributed by atoms with van der Waals surface area (Å²) in [5.74, 6) is -0.129. The molecule has 8 heteroatoms. The summed E-state index contributed by atoms with van der Waals surface area (Å²) in [6, 6.07) is 0. The molecule has 19 heavy (non-hydrogen) atoms. The topological polar surface area (TPSA) is 81.2 Å². The van der Waals surface area contributed by atoms with Gasteiger partial charge in [-0.05, 0) is 26.7 Å². The number of anilines is 1. The van der Waals surface area contributed by atoms with Crippen LogP contribution < -0.4 is 5.32 Å². The Hall–Kier alpha value is -1.15. The Morgan fingerprint density at radius 3 is 2.89 bits per heavy atom. The number of carbonyl (C=O) groups is 2. The molecule has 1 N–H and O–H groups in total. The van der Waals surface area contributed by atoms with Crippen molar-refractivity contribution in [2.75, 3.05) is 11.9 Å². The summed E-state index contributed by atoms with van der Waals surface area (Å²) in [7, 11) is 0. The number of hydrogen-bond donors (Lipinski definition) is 1. The van der Waals surface area contributed by atoms with E-state index in [2.05, 4.69) is 15.5 Å². The number of rotatable bonds is 6. The average molecular weight is 301 g/mol. The molecule has 1 heterocycles. The standard InChI is InChI=1S/C11H15N3O3S2/c1-3-17-9(16)6(2)18-11-14-13-10(19-11)12-8(15)7-4-5-7/h6-7H,3-5H2,1-2H3,(H,12,13,15). The van der Waals surface area contributed by atoms with Crippen molar-refractivity contribution in [3.8, 4) is 0 Å². The monoisotopic (exact) mass is 301 g/mol. The number of esters is 1. The van der Waals surface area contributed by atoms with Crippen molar-refractivity contribution in [3.05, 3.63) is 0 Å². The van der Waals surface area contributed by atoms with Crippen molar-refractivity contribution < 1.29 is 14.3 Å². The summed E-state index contributed by atoms with van der Waals surface area (Å²) in [6.07, 6.45) is 1.90. The molecule has 1 aliphatic rings. The van der Waals surface area contributed by atoms with E-state index in [1.165, 1.54) is 23.1 Å². The predicted molar refractivity (Wildman–Crippen MR) is 73.2 cm³/mol. The van der Waals surface area contributed by atoms with E-state index in [1.807, 2.05) is 0 Å². The first-order valence-electron chi connectivity index (χ1n) is 6.07. The molecule has 1 amide bonds. The van der Waals surface area contributed by atoms with Gasteiger partial charge in [-0.25, -0.2) is 0 Å². The van der Waals surface area contributed by atoms with Gasteiger partial charge in [-0.3, -0.25) is 9.59 Å². The van der Waals surface area contributed by atoms with Crippen molar-refractivity contribution in [2.45, 2.75) is 36.3 Å². The lowest BCUT2D eigenvalue weighted by molar-refractivity contribution is -0.142. The molecule has 0 aromatic carbocycles. The lowest BCUT2D eigenvalue weighted by Gasteiger charge is -2.06. The molecule has 1 unspecified atom stereocenters. The molecule has 1 aromatic heterocycles. The van der Waals surface area contributed by atoms with Gasteiger partial charge in [-0.15, -0.1) is 10.2 Å². The number of ether oxygens (including phenoxy) is 1. The first-order valence-corrected chi connectivity index (χ1v) is 7.77. The molecule has 0 bridgehead atoms. The van der Waals surface area contributed by atoms with E-state index < -0.39 is 0 Å². The highest BCUT2D eigenvalue weighted by Gasteiger charge is 2.30. The van der Waals surface area contributed by atoms with Gasteiger partial charge in [-0.2, -0.15) is 0 Å². The number of hydrogen-bond acceptors (Lipinski definition) is 7. The summed E-state index contributed by atoms with van der Waals surface area (Å²) >= 11 is 2.55. The molecule has 104 valence electrons. The second kappa shape index (κ2) is 6.33. The van der Waals surface area contributed by atoms with Crippen LogP contribution in [-0.4, -0.2) is 33.9 Å². The molecule has 1 atom stereocenters. The van der Waals surface area contributed by atoms with Gasteiger partial charge < -0.3 is 10.1 Å². The van der Waals surface area contributed by atoms with Crippen LogP contribution in [0.3, 0.4) is 0 Å². The Bertz CT molecular complexity index is 474. The van der Waals surface area contributed by atoms with Crippen LogP contribution in [-0.2, 0) is 14.3 Å². The predicted octanol–water partition coefficient (Wildman–Crippen LogP) is 1.93. The third-order valence-corrected chi connectivity index (χ3v) is 4.48. The van der Waals surface area contributed by atoms with Gasteiger partial charge in [0.2, 0.25) is 11.0 Å². The largest absolute Gasteiger partial charge is 0.465 e. The van der Waals surface area contributed by atoms with Crippen molar-refractivity contribution >= 4 is 40.1 Å². The number of aromatic nitrogens is 2. The van der Waals surface area contributed by atoms with Gasteiger partial charge in [0.1, 0.15) is 5.25 Å². The maximum Gasteiger partial charge on any atom is 0.319 e. The van der Waals surface area contributed by atoms with Crippen LogP contribution in [0.1, 0.15) is 26.7 Å². The second-order valence-corrected chi connectivity index (χ2v) is 6.71. The van der Waals surface area contributed by atoms with Crippen molar-refractivity contribution in [1.29, 1.82) is 0 Å². The summed E-state index contributed by atoms with van der Waals surface area (Å²) in [4.78, 5) is 23.0. The number of nitrogens with zero attached hydrogens (tertiary/aromatic N) is 2. The van der Waals surface area contributed by atoms with E-state index in [4.69, 9.17) is 4.74 Å². The molecule has 2 rings (SSSR count). The van der Waals surface area contributed by atoms with E-state index in [0.717, 1.165) is 12.8 Å². The van der Waals surface area contributed by atoms with Crippen molar-refractivity contribution in [1.82, 2.24) is 10.2 Å². The Morgan fingerprint density at radius 2 is 2.26 bits per heavy atom. The molecule has 1 aliphatic carbocycles. The second-order valence-electron chi connectivity index (χ2n) is 4.15. The SMILES string of the molecule is CCOC(=O)C(C)Sc1nnc(NC(=O)C2CC2)s1. The van der Waals surface area contributed by atoms with Gasteiger partial charge in [0.25, 0.3) is 0 Å². The first-order chi connectivity index (χ1) is 9.10. The Balaban J connectivity index is 1.86. The van der Waals surface area contributed by atoms with E-state index in [9.17, 15) is 9.59 Å². The van der Waals surface area contributed by atoms with Crippen LogP contribution in [0.25, 0.3) is 0 Å². The van der Waals surface area contributed by atoms with Crippen LogP contribution in [0.15, 0.2) is 4.34 Å². The fourth-order valence-corrected chi connectivity index (χ4v) is 3.22. The summed E-state index contributed by atoms with van der Waals surface area (Å²) in [5, 5.41) is 10.7. The maximum atomic E-state index is 11.5. The van der Waals surface area contributed by atoms with Gasteiger partial charge in [0, 0.05) is 5.92 Å². The minimum atomic E-state index is -0.333. The van der Waals surface area contributed by atoms with E-state index in [0.29, 0.717) is 16.1 Å². The molecule has 6 nitrogen and oxygen atoms in total. The summed E-state index contributed by atoms with van der Waals surface area (Å²) < 4.78 is 5.56. The maximum absolute atomic E-state index is 11.5. The highest BCUT2D eigenvalue weighted by Crippen LogP contribution is 2.32. The molecule has 0 spiro atoms. The quantitative estimate of drug-likeness (QED) is 0.491. The van der Waals surface area contributed by atoms with Gasteiger partial charge in [0.15, 0.2) is 4.34 Å². The number of thioether (sulfide) groups is 1. The first kappa shape index (κ1) is 14.3. The lowest BCUT2D eigenvalue weighted by Crippen LogP contribution is -2.16. The average Bonchev–Trinajstić information content (AvgIpc) is 3.13. The number of amides is 1. The van der Waals surface area contributed by atoms with Crippen LogP contribution in [0.5, 0.6) is 0 Å². The highest BCUT2D eigenvalue weighted by atomic mass is 32.2. The molecule has 0 aliphatic heterocycles. The van der Waals surface area contributed by atoms with Crippen molar-refractivity contribution in [2.24, 2.45) is 5.92 Å². The smallest absolute Gasteiger partial charge is 0.319 e. The van der Waals surface area contributed by atoms with Crippen LogP contribution in [0.2, 0.25) is 0 Å². The third kappa shape index (κ3) is 4.17. The normalized spacial score (nSPS) is 15.9. The van der Waals surface area contributed by atoms with Crippen molar-refractivity contribution in [3.63, 3.8) is 0 Å². The fourth-order valence-electron chi connectivity index (χ4n) is 1.32. The zero-order valence-corrected chi connectivity index (χ0v) is 12.3. The molecule has 1 saturated carbocycles. The van der Waals surface area contributed by atoms with E-state index >= 15 is 0 Å². The Labute approximate surface area is 119 Å². The minimum Gasteiger partial charge on any atom is -0.465 e. The number of nitrogens with one attached hydrogen (secondary N) is 1. The van der Waals surface area contributed by atoms with Gasteiger partial charge in [0.05, 0.1) is 6.61 Å². The van der Waals surface area contributed by atoms with Crippen LogP contribution in [0.4, 0.5) is 5.13 Å². The molecular formula is C11H15N3O3S2. The van der Waals surface area contributed by atoms with Gasteiger partial charge in [-0.1, -0.05) is 23.1 Å². The summed E-state index contributed by atoms with van der Waals surface area (Å²) in [5.41, 5.74) is 0. The van der Waals surface area contributed by atoms with E-state index in [1.54, 1.807) is 13.8 Å². The zero-order chi connectivity index (χ0) is 13.8. The minimum absolute atomic E-state index is 0.00569. The Kier molecular flexibility index (Phi) is 4.76. The number of carbonyl (C=O) groups excluding carboxylic acids is 2. The van der Waals surface area contributed by atoms with E-state index in [-0.39, 0.29) is 23.0 Å². The van der Waals surface area contributed by atoms with Crippen LogP contribution in [0, 0.1) is 5.92 Å². The molecule has 0 radical (unpaired) electrons. The molecule has 0 saturated heterocycles. The molecule has 1 aromatic rings. The lowest BCUT2D eigenvalue weighted by atomic mass is 10.4. The zero-order valence-electron chi connectivity index (χ0n) is 10.7. The summed E-state index contributed by atoms with van der Waals surface area (Å²) in [6.45, 7) is 3.89.